The van der Waals surface area contributed by atoms with Crippen LogP contribution in [0.1, 0.15) is 6.92 Å². The van der Waals surface area contributed by atoms with E-state index in [0.717, 1.165) is 0 Å². The Hall–Kier alpha value is -2.71. The van der Waals surface area contributed by atoms with Gasteiger partial charge in [0.1, 0.15) is 6.20 Å². The van der Waals surface area contributed by atoms with Crippen molar-refractivity contribution in [2.24, 2.45) is 0 Å². The molecule has 0 aromatic carbocycles. The number of rotatable bonds is 7. The average molecular weight is 277 g/mol. The number of nitro groups is 1. The molecule has 106 valence electrons. The van der Waals surface area contributed by atoms with E-state index < -0.39 is 4.92 Å². The average Bonchev–Trinajstić information content (AvgIpc) is 2.92. The largest absolute Gasteiger partial charge is 0.362 e. The van der Waals surface area contributed by atoms with Gasteiger partial charge in [0.25, 0.3) is 0 Å². The van der Waals surface area contributed by atoms with Crippen LogP contribution >= 0.6 is 0 Å². The van der Waals surface area contributed by atoms with Gasteiger partial charge in [0.15, 0.2) is 0 Å². The number of aromatic nitrogens is 4. The molecule has 0 radical (unpaired) electrons. The van der Waals surface area contributed by atoms with Crippen molar-refractivity contribution in [3.8, 4) is 0 Å². The number of hydrogen-bond donors (Lipinski definition) is 2. The molecule has 0 aliphatic rings. The maximum atomic E-state index is 10.9. The van der Waals surface area contributed by atoms with Crippen molar-refractivity contribution in [3.05, 3.63) is 35.0 Å². The van der Waals surface area contributed by atoms with Gasteiger partial charge in [-0.2, -0.15) is 4.98 Å². The van der Waals surface area contributed by atoms with Gasteiger partial charge in [-0.15, -0.1) is 0 Å². The molecule has 2 N–H and O–H groups in total. The van der Waals surface area contributed by atoms with Crippen molar-refractivity contribution < 1.29 is 4.92 Å². The highest BCUT2D eigenvalue weighted by molar-refractivity contribution is 5.56. The summed E-state index contributed by atoms with van der Waals surface area (Å²) < 4.78 is 1.87. The molecule has 0 aliphatic carbocycles. The summed E-state index contributed by atoms with van der Waals surface area (Å²) in [7, 11) is 0. The van der Waals surface area contributed by atoms with E-state index in [4.69, 9.17) is 0 Å². The van der Waals surface area contributed by atoms with Crippen LogP contribution in [-0.4, -0.2) is 37.5 Å². The molecule has 2 aromatic heterocycles. The summed E-state index contributed by atoms with van der Waals surface area (Å²) in [4.78, 5) is 22.3. The molecule has 0 amide bonds. The zero-order chi connectivity index (χ0) is 14.4. The number of imidazole rings is 1. The predicted octanol–water partition coefficient (Wildman–Crippen LogP) is 1.13. The standard InChI is InChI=1S/C11H15N7O2/c1-2-13-11-15-7-9(18(19)20)10(16-11)14-4-6-17-5-3-12-8-17/h3,5,7-8H,2,4,6H2,1H3,(H2,13,14,15,16). The predicted molar refractivity (Wildman–Crippen MR) is 73.6 cm³/mol. The first-order valence-corrected chi connectivity index (χ1v) is 6.15. The van der Waals surface area contributed by atoms with E-state index in [-0.39, 0.29) is 11.5 Å². The Balaban J connectivity index is 2.06. The summed E-state index contributed by atoms with van der Waals surface area (Å²) >= 11 is 0. The Morgan fingerprint density at radius 2 is 2.30 bits per heavy atom. The molecule has 9 nitrogen and oxygen atoms in total. The van der Waals surface area contributed by atoms with Gasteiger partial charge in [0.05, 0.1) is 11.3 Å². The van der Waals surface area contributed by atoms with Gasteiger partial charge in [0.2, 0.25) is 11.8 Å². The van der Waals surface area contributed by atoms with E-state index in [2.05, 4.69) is 25.6 Å². The minimum absolute atomic E-state index is 0.141. The molecule has 0 fully saturated rings. The molecule has 0 unspecified atom stereocenters. The first kappa shape index (κ1) is 13.7. The lowest BCUT2D eigenvalue weighted by Gasteiger charge is -2.08. The molecule has 0 spiro atoms. The van der Waals surface area contributed by atoms with Crippen LogP contribution in [0.25, 0.3) is 0 Å². The molecule has 0 saturated heterocycles. The van der Waals surface area contributed by atoms with Crippen LogP contribution in [0, 0.1) is 10.1 Å². The fourth-order valence-electron chi connectivity index (χ4n) is 1.60. The van der Waals surface area contributed by atoms with Crippen LogP contribution in [0.4, 0.5) is 17.5 Å². The van der Waals surface area contributed by atoms with Crippen molar-refractivity contribution in [3.63, 3.8) is 0 Å². The van der Waals surface area contributed by atoms with Crippen molar-refractivity contribution >= 4 is 17.5 Å². The zero-order valence-corrected chi connectivity index (χ0v) is 11.0. The van der Waals surface area contributed by atoms with Gasteiger partial charge >= 0.3 is 5.69 Å². The van der Waals surface area contributed by atoms with Crippen LogP contribution in [0.2, 0.25) is 0 Å². The molecule has 2 rings (SSSR count). The van der Waals surface area contributed by atoms with Crippen molar-refractivity contribution in [2.45, 2.75) is 13.5 Å². The molecule has 9 heteroatoms. The van der Waals surface area contributed by atoms with Gasteiger partial charge in [-0.25, -0.2) is 9.97 Å². The minimum atomic E-state index is -0.505. The number of nitrogens with zero attached hydrogens (tertiary/aromatic N) is 5. The summed E-state index contributed by atoms with van der Waals surface area (Å²) in [6.45, 7) is 3.68. The van der Waals surface area contributed by atoms with E-state index in [0.29, 0.717) is 25.6 Å². The van der Waals surface area contributed by atoms with Crippen LogP contribution in [0.3, 0.4) is 0 Å². The first-order chi connectivity index (χ1) is 9.70. The highest BCUT2D eigenvalue weighted by atomic mass is 16.6. The van der Waals surface area contributed by atoms with Crippen molar-refractivity contribution in [2.75, 3.05) is 23.7 Å². The van der Waals surface area contributed by atoms with Crippen molar-refractivity contribution in [1.29, 1.82) is 0 Å². The molecular weight excluding hydrogens is 262 g/mol. The van der Waals surface area contributed by atoms with Crippen LogP contribution in [-0.2, 0) is 6.54 Å². The van der Waals surface area contributed by atoms with Crippen LogP contribution < -0.4 is 10.6 Å². The lowest BCUT2D eigenvalue weighted by Crippen LogP contribution is -2.13. The number of anilines is 2. The molecule has 2 heterocycles. The normalized spacial score (nSPS) is 10.2. The Bertz CT molecular complexity index is 570. The molecule has 0 saturated carbocycles. The van der Waals surface area contributed by atoms with Gasteiger partial charge in [-0.3, -0.25) is 10.1 Å². The van der Waals surface area contributed by atoms with E-state index in [9.17, 15) is 10.1 Å². The smallest absolute Gasteiger partial charge is 0.329 e. The quantitative estimate of drug-likeness (QED) is 0.576. The van der Waals surface area contributed by atoms with Gasteiger partial charge in [-0.1, -0.05) is 0 Å². The molecule has 20 heavy (non-hydrogen) atoms. The highest BCUT2D eigenvalue weighted by Crippen LogP contribution is 2.21. The van der Waals surface area contributed by atoms with Gasteiger partial charge in [-0.05, 0) is 6.92 Å². The summed E-state index contributed by atoms with van der Waals surface area (Å²) in [6, 6.07) is 0. The number of nitrogens with one attached hydrogen (secondary N) is 2. The van der Waals surface area contributed by atoms with Gasteiger partial charge < -0.3 is 15.2 Å². The molecular formula is C11H15N7O2. The highest BCUT2D eigenvalue weighted by Gasteiger charge is 2.16. The lowest BCUT2D eigenvalue weighted by atomic mass is 10.4. The summed E-state index contributed by atoms with van der Waals surface area (Å²) in [5, 5.41) is 16.8. The molecule has 0 aliphatic heterocycles. The first-order valence-electron chi connectivity index (χ1n) is 6.15. The second kappa shape index (κ2) is 6.45. The van der Waals surface area contributed by atoms with Crippen LogP contribution in [0.15, 0.2) is 24.9 Å². The van der Waals surface area contributed by atoms with E-state index in [1.807, 2.05) is 17.7 Å². The Morgan fingerprint density at radius 1 is 1.45 bits per heavy atom. The van der Waals surface area contributed by atoms with Gasteiger partial charge in [0, 0.05) is 32.0 Å². The Morgan fingerprint density at radius 3 is 2.95 bits per heavy atom. The Kier molecular flexibility index (Phi) is 4.43. The fourth-order valence-corrected chi connectivity index (χ4v) is 1.60. The zero-order valence-electron chi connectivity index (χ0n) is 11.0. The third-order valence-electron chi connectivity index (χ3n) is 2.52. The summed E-state index contributed by atoms with van der Waals surface area (Å²) in [5.41, 5.74) is -0.141. The summed E-state index contributed by atoms with van der Waals surface area (Å²) in [6.07, 6.45) is 6.38. The monoisotopic (exact) mass is 277 g/mol. The second-order valence-electron chi connectivity index (χ2n) is 3.94. The maximum absolute atomic E-state index is 10.9. The minimum Gasteiger partial charge on any atom is -0.362 e. The molecule has 0 atom stereocenters. The third-order valence-corrected chi connectivity index (χ3v) is 2.52. The second-order valence-corrected chi connectivity index (χ2v) is 3.94. The fraction of sp³-hybridized carbons (Fsp3) is 0.364. The van der Waals surface area contributed by atoms with E-state index in [1.165, 1.54) is 6.20 Å². The number of hydrogen-bond acceptors (Lipinski definition) is 7. The van der Waals surface area contributed by atoms with E-state index in [1.54, 1.807) is 12.5 Å². The topological polar surface area (TPSA) is 111 Å². The summed E-state index contributed by atoms with van der Waals surface area (Å²) in [5.74, 6) is 0.573. The maximum Gasteiger partial charge on any atom is 0.329 e. The van der Waals surface area contributed by atoms with Crippen molar-refractivity contribution in [1.82, 2.24) is 19.5 Å². The third kappa shape index (κ3) is 3.40. The lowest BCUT2D eigenvalue weighted by molar-refractivity contribution is -0.384. The van der Waals surface area contributed by atoms with Crippen LogP contribution in [0.5, 0.6) is 0 Å². The van der Waals surface area contributed by atoms with E-state index >= 15 is 0 Å². The molecule has 0 bridgehead atoms. The molecule has 2 aromatic rings. The SMILES string of the molecule is CCNc1ncc([N+](=O)[O-])c(NCCn2ccnc2)n1. The Labute approximate surface area is 115 Å².